The van der Waals surface area contributed by atoms with Crippen molar-refractivity contribution in [2.75, 3.05) is 11.4 Å². The highest BCUT2D eigenvalue weighted by Crippen LogP contribution is 2.31. The second-order valence-corrected chi connectivity index (χ2v) is 4.42. The first-order valence-corrected chi connectivity index (χ1v) is 6.15. The maximum atomic E-state index is 5.97. The number of pyridine rings is 1. The Bertz CT molecular complexity index is 350. The summed E-state index contributed by atoms with van der Waals surface area (Å²) in [7, 11) is 0. The second-order valence-electron chi connectivity index (χ2n) is 3.75. The van der Waals surface area contributed by atoms with Gasteiger partial charge in [0.2, 0.25) is 0 Å². The van der Waals surface area contributed by atoms with Crippen molar-refractivity contribution in [3.8, 4) is 0 Å². The van der Waals surface area contributed by atoms with E-state index in [4.69, 9.17) is 23.2 Å². The van der Waals surface area contributed by atoms with Gasteiger partial charge in [-0.05, 0) is 31.9 Å². The van der Waals surface area contributed by atoms with E-state index in [0.717, 1.165) is 18.1 Å². The lowest BCUT2D eigenvalue weighted by Gasteiger charge is -2.22. The topological polar surface area (TPSA) is 16.1 Å². The number of hydrogen-bond donors (Lipinski definition) is 0. The van der Waals surface area contributed by atoms with Gasteiger partial charge in [0.05, 0.1) is 16.6 Å². The maximum absolute atomic E-state index is 5.97. The monoisotopic (exact) mass is 244 g/mol. The van der Waals surface area contributed by atoms with Gasteiger partial charge in [0.1, 0.15) is 5.82 Å². The van der Waals surface area contributed by atoms with E-state index in [1.54, 1.807) is 0 Å². The van der Waals surface area contributed by atoms with Crippen LogP contribution >= 0.6 is 23.2 Å². The number of hydrogen-bond acceptors (Lipinski definition) is 2. The minimum atomic E-state index is 0.370. The van der Waals surface area contributed by atoms with E-state index in [0.29, 0.717) is 16.9 Å². The van der Waals surface area contributed by atoms with Crippen LogP contribution in [0.25, 0.3) is 0 Å². The Hall–Kier alpha value is -0.470. The fraction of sp³-hybridized carbons (Fsp3) is 0.545. The average molecular weight is 245 g/mol. The molecular weight excluding hydrogens is 231 g/mol. The van der Waals surface area contributed by atoms with Crippen molar-refractivity contribution in [3.05, 3.63) is 22.8 Å². The summed E-state index contributed by atoms with van der Waals surface area (Å²) in [6, 6.07) is 4.53. The molecule has 1 aliphatic rings. The van der Waals surface area contributed by atoms with Crippen molar-refractivity contribution in [2.24, 2.45) is 0 Å². The lowest BCUT2D eigenvalue weighted by molar-refractivity contribution is 0.805. The van der Waals surface area contributed by atoms with Crippen LogP contribution in [0.3, 0.4) is 0 Å². The maximum Gasteiger partial charge on any atom is 0.129 e. The molecule has 1 heterocycles. The molecule has 0 radical (unpaired) electrons. The number of nitrogens with zero attached hydrogens (tertiary/aromatic N) is 2. The molecule has 0 N–H and O–H groups in total. The Kier molecular flexibility index (Phi) is 3.37. The van der Waals surface area contributed by atoms with E-state index in [-0.39, 0.29) is 0 Å². The Balaban J connectivity index is 2.26. The van der Waals surface area contributed by atoms with Gasteiger partial charge in [-0.2, -0.15) is 0 Å². The molecule has 82 valence electrons. The highest BCUT2D eigenvalue weighted by molar-refractivity contribution is 6.32. The summed E-state index contributed by atoms with van der Waals surface area (Å²) in [6.45, 7) is 3.13. The SMILES string of the molecule is CCN(c1ccc(Cl)c(CCl)n1)C1CC1. The van der Waals surface area contributed by atoms with Gasteiger partial charge in [-0.3, -0.25) is 0 Å². The minimum absolute atomic E-state index is 0.370. The third kappa shape index (κ3) is 2.37. The Morgan fingerprint density at radius 3 is 2.73 bits per heavy atom. The fourth-order valence-electron chi connectivity index (χ4n) is 1.72. The number of anilines is 1. The highest BCUT2D eigenvalue weighted by Gasteiger charge is 2.28. The molecule has 0 saturated heterocycles. The largest absolute Gasteiger partial charge is 0.354 e. The molecule has 0 amide bonds. The van der Waals surface area contributed by atoms with Crippen LogP contribution in [0.2, 0.25) is 5.02 Å². The predicted molar refractivity (Wildman–Crippen MR) is 64.8 cm³/mol. The van der Waals surface area contributed by atoms with Gasteiger partial charge in [0.15, 0.2) is 0 Å². The van der Waals surface area contributed by atoms with Crippen LogP contribution in [-0.2, 0) is 5.88 Å². The van der Waals surface area contributed by atoms with Crippen LogP contribution in [0, 0.1) is 0 Å². The van der Waals surface area contributed by atoms with E-state index >= 15 is 0 Å². The smallest absolute Gasteiger partial charge is 0.129 e. The van der Waals surface area contributed by atoms with E-state index < -0.39 is 0 Å². The summed E-state index contributed by atoms with van der Waals surface area (Å²) in [5.74, 6) is 1.37. The summed E-state index contributed by atoms with van der Waals surface area (Å²) < 4.78 is 0. The van der Waals surface area contributed by atoms with Crippen LogP contribution in [0.4, 0.5) is 5.82 Å². The third-order valence-electron chi connectivity index (χ3n) is 2.65. The summed E-state index contributed by atoms with van der Waals surface area (Å²) in [5.41, 5.74) is 0.773. The molecule has 2 nitrogen and oxygen atoms in total. The van der Waals surface area contributed by atoms with E-state index in [9.17, 15) is 0 Å². The quantitative estimate of drug-likeness (QED) is 0.755. The van der Waals surface area contributed by atoms with Gasteiger partial charge in [-0.1, -0.05) is 11.6 Å². The molecule has 0 aliphatic heterocycles. The first-order valence-electron chi connectivity index (χ1n) is 5.24. The Morgan fingerprint density at radius 1 is 1.47 bits per heavy atom. The lowest BCUT2D eigenvalue weighted by atomic mass is 10.3. The first-order chi connectivity index (χ1) is 7.26. The lowest BCUT2D eigenvalue weighted by Crippen LogP contribution is -2.26. The number of aromatic nitrogens is 1. The van der Waals surface area contributed by atoms with E-state index in [2.05, 4.69) is 16.8 Å². The second kappa shape index (κ2) is 4.58. The molecule has 1 aromatic heterocycles. The predicted octanol–water partition coefficient (Wildman–Crippen LogP) is 3.46. The molecule has 0 spiro atoms. The Labute approximate surface area is 100 Å². The fourth-order valence-corrected chi connectivity index (χ4v) is 2.16. The van der Waals surface area contributed by atoms with E-state index in [1.165, 1.54) is 12.8 Å². The standard InChI is InChI=1S/C11H14Cl2N2/c1-2-15(8-3-4-8)11-6-5-9(13)10(7-12)14-11/h5-6,8H,2-4,7H2,1H3. The van der Waals surface area contributed by atoms with Gasteiger partial charge in [-0.25, -0.2) is 4.98 Å². The average Bonchev–Trinajstić information content (AvgIpc) is 3.06. The normalized spacial score (nSPS) is 15.4. The van der Waals surface area contributed by atoms with Crippen molar-refractivity contribution >= 4 is 29.0 Å². The van der Waals surface area contributed by atoms with Crippen LogP contribution in [0.5, 0.6) is 0 Å². The van der Waals surface area contributed by atoms with Crippen LogP contribution in [-0.4, -0.2) is 17.6 Å². The highest BCUT2D eigenvalue weighted by atomic mass is 35.5. The molecule has 1 aromatic rings. The molecule has 1 saturated carbocycles. The van der Waals surface area contributed by atoms with E-state index in [1.807, 2.05) is 12.1 Å². The molecule has 1 fully saturated rings. The summed E-state index contributed by atoms with van der Waals surface area (Å²) in [5, 5.41) is 0.653. The minimum Gasteiger partial charge on any atom is -0.354 e. The molecule has 4 heteroatoms. The molecule has 0 atom stereocenters. The van der Waals surface area contributed by atoms with Crippen molar-refractivity contribution in [1.29, 1.82) is 0 Å². The summed E-state index contributed by atoms with van der Waals surface area (Å²) in [4.78, 5) is 6.80. The summed E-state index contributed by atoms with van der Waals surface area (Å²) >= 11 is 11.8. The van der Waals surface area contributed by atoms with Gasteiger partial charge in [0.25, 0.3) is 0 Å². The Morgan fingerprint density at radius 2 is 2.20 bits per heavy atom. The molecule has 15 heavy (non-hydrogen) atoms. The van der Waals surface area contributed by atoms with Crippen LogP contribution in [0.15, 0.2) is 12.1 Å². The zero-order valence-corrected chi connectivity index (χ0v) is 10.2. The molecule has 0 bridgehead atoms. The van der Waals surface area contributed by atoms with Gasteiger partial charge < -0.3 is 4.90 Å². The molecular formula is C11H14Cl2N2. The van der Waals surface area contributed by atoms with Crippen molar-refractivity contribution in [3.63, 3.8) is 0 Å². The molecule has 0 aromatic carbocycles. The third-order valence-corrected chi connectivity index (χ3v) is 3.25. The zero-order valence-electron chi connectivity index (χ0n) is 8.71. The molecule has 1 aliphatic carbocycles. The molecule has 0 unspecified atom stereocenters. The van der Waals surface area contributed by atoms with Gasteiger partial charge in [-0.15, -0.1) is 11.6 Å². The van der Waals surface area contributed by atoms with Crippen LogP contribution < -0.4 is 4.90 Å². The van der Waals surface area contributed by atoms with Gasteiger partial charge >= 0.3 is 0 Å². The number of rotatable bonds is 4. The van der Waals surface area contributed by atoms with Gasteiger partial charge in [0, 0.05) is 12.6 Å². The van der Waals surface area contributed by atoms with Crippen molar-refractivity contribution < 1.29 is 0 Å². The number of halogens is 2. The summed E-state index contributed by atoms with van der Waals surface area (Å²) in [6.07, 6.45) is 2.54. The first kappa shape index (κ1) is 11.0. The van der Waals surface area contributed by atoms with Crippen molar-refractivity contribution in [2.45, 2.75) is 31.7 Å². The van der Waals surface area contributed by atoms with Crippen molar-refractivity contribution in [1.82, 2.24) is 4.98 Å². The zero-order chi connectivity index (χ0) is 10.8. The number of alkyl halides is 1. The van der Waals surface area contributed by atoms with Crippen LogP contribution in [0.1, 0.15) is 25.5 Å². The molecule has 2 rings (SSSR count).